The molecule has 0 aliphatic rings. The molecule has 2 aromatic carbocycles. The van der Waals surface area contributed by atoms with Gasteiger partial charge in [-0.15, -0.1) is 0 Å². The molecule has 1 aromatic heterocycles. The molecule has 0 saturated carbocycles. The van der Waals surface area contributed by atoms with Crippen LogP contribution in [0.3, 0.4) is 0 Å². The normalized spacial score (nSPS) is 10.9. The molecule has 3 nitrogen and oxygen atoms in total. The van der Waals surface area contributed by atoms with E-state index in [4.69, 9.17) is 0 Å². The Bertz CT molecular complexity index is 649. The van der Waals surface area contributed by atoms with E-state index in [1.807, 2.05) is 24.3 Å². The van der Waals surface area contributed by atoms with Gasteiger partial charge in [-0.05, 0) is 16.8 Å². The molecule has 0 unspecified atom stereocenters. The number of phenolic OH excluding ortho intramolecular Hbond substituents is 1. The lowest BCUT2D eigenvalue weighted by Gasteiger charge is -2.03. The molecule has 3 aromatic rings. The number of nitrogens with zero attached hydrogens (tertiary/aromatic N) is 2. The van der Waals surface area contributed by atoms with Gasteiger partial charge in [0.2, 0.25) is 0 Å². The molecule has 1 N–H and O–H groups in total. The topological polar surface area (TPSA) is 46.0 Å². The maximum atomic E-state index is 9.78. The summed E-state index contributed by atoms with van der Waals surface area (Å²) in [7, 11) is 0. The van der Waals surface area contributed by atoms with Gasteiger partial charge in [0.25, 0.3) is 0 Å². The predicted molar refractivity (Wildman–Crippen MR) is 58.7 cm³/mol. The molecule has 72 valence electrons. The van der Waals surface area contributed by atoms with E-state index < -0.39 is 0 Å². The van der Waals surface area contributed by atoms with Gasteiger partial charge < -0.3 is 5.11 Å². The molecule has 3 heteroatoms. The number of fused-ring (bicyclic) bond motifs is 3. The Hall–Kier alpha value is -2.16. The van der Waals surface area contributed by atoms with E-state index in [1.165, 1.54) is 6.33 Å². The van der Waals surface area contributed by atoms with Crippen LogP contribution in [0.2, 0.25) is 0 Å². The van der Waals surface area contributed by atoms with Crippen molar-refractivity contribution in [1.29, 1.82) is 0 Å². The summed E-state index contributed by atoms with van der Waals surface area (Å²) in [6, 6.07) is 9.59. The lowest BCUT2D eigenvalue weighted by Crippen LogP contribution is -1.83. The van der Waals surface area contributed by atoms with Crippen LogP contribution in [0.5, 0.6) is 5.75 Å². The van der Waals surface area contributed by atoms with Crippen molar-refractivity contribution in [3.8, 4) is 5.75 Å². The molecule has 0 spiro atoms. The highest BCUT2D eigenvalue weighted by atomic mass is 16.3. The first-order valence-corrected chi connectivity index (χ1v) is 4.67. The lowest BCUT2D eigenvalue weighted by molar-refractivity contribution is 0.481. The summed E-state index contributed by atoms with van der Waals surface area (Å²) in [5.41, 5.74) is 0.601. The summed E-state index contributed by atoms with van der Waals surface area (Å²) < 4.78 is 0. The van der Waals surface area contributed by atoms with Crippen molar-refractivity contribution >= 4 is 21.7 Å². The van der Waals surface area contributed by atoms with Crippen LogP contribution in [0, 0.1) is 0 Å². The largest absolute Gasteiger partial charge is 0.506 e. The monoisotopic (exact) mass is 196 g/mol. The van der Waals surface area contributed by atoms with E-state index in [-0.39, 0.29) is 5.75 Å². The van der Waals surface area contributed by atoms with E-state index in [1.54, 1.807) is 12.3 Å². The van der Waals surface area contributed by atoms with Crippen molar-refractivity contribution in [2.24, 2.45) is 0 Å². The third-order valence-corrected chi connectivity index (χ3v) is 2.50. The number of phenols is 1. The Balaban J connectivity index is 2.64. The van der Waals surface area contributed by atoms with E-state index in [0.717, 1.165) is 16.2 Å². The standard InChI is InChI=1S/C12H8N2O/c15-11-5-8-3-1-2-4-9(8)10-6-13-7-14-12(10)11/h1-7,15H. The first kappa shape index (κ1) is 8.17. The zero-order chi connectivity index (χ0) is 10.3. The first-order chi connectivity index (χ1) is 7.36. The molecule has 3 rings (SSSR count). The van der Waals surface area contributed by atoms with Crippen molar-refractivity contribution < 1.29 is 5.11 Å². The fraction of sp³-hybridized carbons (Fsp3) is 0. The summed E-state index contributed by atoms with van der Waals surface area (Å²) in [6.45, 7) is 0. The molecular formula is C12H8N2O. The number of hydrogen-bond donors (Lipinski definition) is 1. The number of rotatable bonds is 0. The van der Waals surface area contributed by atoms with Gasteiger partial charge >= 0.3 is 0 Å². The van der Waals surface area contributed by atoms with Gasteiger partial charge in [-0.25, -0.2) is 9.97 Å². The van der Waals surface area contributed by atoms with Crippen molar-refractivity contribution in [2.45, 2.75) is 0 Å². The average molecular weight is 196 g/mol. The fourth-order valence-electron chi connectivity index (χ4n) is 1.81. The summed E-state index contributed by atoms with van der Waals surface area (Å²) in [5, 5.41) is 12.7. The Kier molecular flexibility index (Phi) is 1.59. The highest BCUT2D eigenvalue weighted by Gasteiger charge is 2.05. The molecule has 1 heterocycles. The van der Waals surface area contributed by atoms with E-state index in [2.05, 4.69) is 9.97 Å². The third-order valence-electron chi connectivity index (χ3n) is 2.50. The SMILES string of the molecule is Oc1cc2ccccc2c2cncnc12. The smallest absolute Gasteiger partial charge is 0.142 e. The molecule has 0 fully saturated rings. The van der Waals surface area contributed by atoms with Crippen LogP contribution in [0.15, 0.2) is 42.9 Å². The Labute approximate surface area is 86.0 Å². The van der Waals surface area contributed by atoms with Crippen LogP contribution in [0.1, 0.15) is 0 Å². The van der Waals surface area contributed by atoms with Crippen LogP contribution >= 0.6 is 0 Å². The molecule has 0 atom stereocenters. The van der Waals surface area contributed by atoms with Crippen LogP contribution in [0.25, 0.3) is 21.7 Å². The predicted octanol–water partition coefficient (Wildman–Crippen LogP) is 2.49. The van der Waals surface area contributed by atoms with Gasteiger partial charge in [0.05, 0.1) is 0 Å². The number of benzene rings is 2. The number of aromatic hydroxyl groups is 1. The fourth-order valence-corrected chi connectivity index (χ4v) is 1.81. The van der Waals surface area contributed by atoms with Crippen molar-refractivity contribution in [3.05, 3.63) is 42.9 Å². The van der Waals surface area contributed by atoms with E-state index in [9.17, 15) is 5.11 Å². The van der Waals surface area contributed by atoms with Gasteiger partial charge in [0.1, 0.15) is 17.6 Å². The van der Waals surface area contributed by atoms with Crippen LogP contribution in [-0.2, 0) is 0 Å². The Morgan fingerprint density at radius 2 is 1.93 bits per heavy atom. The first-order valence-electron chi connectivity index (χ1n) is 4.67. The molecule has 0 radical (unpaired) electrons. The molecule has 0 aliphatic heterocycles. The van der Waals surface area contributed by atoms with Crippen molar-refractivity contribution in [1.82, 2.24) is 9.97 Å². The number of hydrogen-bond acceptors (Lipinski definition) is 3. The highest BCUT2D eigenvalue weighted by molar-refractivity contribution is 6.08. The minimum atomic E-state index is 0.200. The van der Waals surface area contributed by atoms with Gasteiger partial charge in [-0.3, -0.25) is 0 Å². The maximum absolute atomic E-state index is 9.78. The molecule has 0 amide bonds. The second-order valence-electron chi connectivity index (χ2n) is 3.40. The van der Waals surface area contributed by atoms with E-state index >= 15 is 0 Å². The van der Waals surface area contributed by atoms with Crippen LogP contribution in [0.4, 0.5) is 0 Å². The van der Waals surface area contributed by atoms with Crippen molar-refractivity contribution in [3.63, 3.8) is 0 Å². The quantitative estimate of drug-likeness (QED) is 0.562. The average Bonchev–Trinajstić information content (AvgIpc) is 2.30. The lowest BCUT2D eigenvalue weighted by atomic mass is 10.1. The van der Waals surface area contributed by atoms with Gasteiger partial charge in [-0.1, -0.05) is 24.3 Å². The second kappa shape index (κ2) is 2.92. The summed E-state index contributed by atoms with van der Waals surface area (Å²) in [6.07, 6.45) is 3.17. The van der Waals surface area contributed by atoms with Gasteiger partial charge in [0.15, 0.2) is 0 Å². The number of aromatic nitrogens is 2. The Morgan fingerprint density at radius 3 is 2.87 bits per heavy atom. The van der Waals surface area contributed by atoms with Crippen LogP contribution < -0.4 is 0 Å². The molecule has 0 aliphatic carbocycles. The molecule has 0 bridgehead atoms. The highest BCUT2D eigenvalue weighted by Crippen LogP contribution is 2.30. The second-order valence-corrected chi connectivity index (χ2v) is 3.40. The zero-order valence-corrected chi connectivity index (χ0v) is 7.88. The third kappa shape index (κ3) is 1.13. The molecule has 0 saturated heterocycles. The minimum Gasteiger partial charge on any atom is -0.506 e. The summed E-state index contributed by atoms with van der Waals surface area (Å²) in [4.78, 5) is 8.05. The van der Waals surface area contributed by atoms with Gasteiger partial charge in [0, 0.05) is 11.6 Å². The van der Waals surface area contributed by atoms with E-state index in [0.29, 0.717) is 5.52 Å². The zero-order valence-electron chi connectivity index (χ0n) is 7.88. The van der Waals surface area contributed by atoms with Crippen LogP contribution in [-0.4, -0.2) is 15.1 Å². The van der Waals surface area contributed by atoms with Crippen molar-refractivity contribution in [2.75, 3.05) is 0 Å². The molecular weight excluding hydrogens is 188 g/mol. The molecule has 15 heavy (non-hydrogen) atoms. The summed E-state index contributed by atoms with van der Waals surface area (Å²) >= 11 is 0. The van der Waals surface area contributed by atoms with Gasteiger partial charge in [-0.2, -0.15) is 0 Å². The summed E-state index contributed by atoms with van der Waals surface area (Å²) in [5.74, 6) is 0.200. The Morgan fingerprint density at radius 1 is 1.07 bits per heavy atom. The maximum Gasteiger partial charge on any atom is 0.142 e. The minimum absolute atomic E-state index is 0.200.